The summed E-state index contributed by atoms with van der Waals surface area (Å²) in [7, 11) is 0. The number of aliphatic carboxylic acids is 1. The number of benzene rings is 1. The van der Waals surface area contributed by atoms with E-state index in [0.29, 0.717) is 13.0 Å². The molecule has 1 saturated heterocycles. The third-order valence-corrected chi connectivity index (χ3v) is 4.23. The molecule has 1 aliphatic rings. The standard InChI is InChI=1S/C17H23N5O2.Li/c23-17(24)7-4-8-22-14-15(18-19-22)13-20-9-11-21(12-10-20)16-5-2-1-3-6-16;/h1-3,5-6,14H,4,7-13H2,(H,23,24);/q;+1/p-1. The van der Waals surface area contributed by atoms with Crippen LogP contribution in [0.3, 0.4) is 0 Å². The van der Waals surface area contributed by atoms with Crippen molar-refractivity contribution < 1.29 is 28.8 Å². The second-order valence-corrected chi connectivity index (χ2v) is 6.05. The predicted molar refractivity (Wildman–Crippen MR) is 88.2 cm³/mol. The number of carboxylic acid groups (broad SMARTS) is 1. The number of para-hydroxylation sites is 1. The fourth-order valence-electron chi connectivity index (χ4n) is 2.94. The normalized spacial score (nSPS) is 15.0. The number of hydrogen-bond acceptors (Lipinski definition) is 6. The van der Waals surface area contributed by atoms with Gasteiger partial charge in [0.15, 0.2) is 0 Å². The summed E-state index contributed by atoms with van der Waals surface area (Å²) >= 11 is 0. The molecule has 0 N–H and O–H groups in total. The minimum absolute atomic E-state index is 0. The van der Waals surface area contributed by atoms with Gasteiger partial charge in [0.1, 0.15) is 0 Å². The van der Waals surface area contributed by atoms with Crippen LogP contribution in [0.25, 0.3) is 0 Å². The van der Waals surface area contributed by atoms with Crippen LogP contribution in [0.4, 0.5) is 5.69 Å². The van der Waals surface area contributed by atoms with Crippen molar-refractivity contribution in [2.75, 3.05) is 31.1 Å². The number of hydrogen-bond donors (Lipinski definition) is 0. The van der Waals surface area contributed by atoms with Crippen LogP contribution in [0.1, 0.15) is 18.5 Å². The quantitative estimate of drug-likeness (QED) is 0.507. The number of rotatable bonds is 7. The number of carbonyl (C=O) groups is 1. The van der Waals surface area contributed by atoms with Gasteiger partial charge in [-0.05, 0) is 25.0 Å². The van der Waals surface area contributed by atoms with Crippen LogP contribution in [-0.2, 0) is 17.9 Å². The molecule has 3 rings (SSSR count). The molecule has 0 bridgehead atoms. The van der Waals surface area contributed by atoms with E-state index in [9.17, 15) is 9.90 Å². The molecule has 128 valence electrons. The minimum Gasteiger partial charge on any atom is -0.550 e. The summed E-state index contributed by atoms with van der Waals surface area (Å²) in [5, 5.41) is 18.7. The average molecular weight is 335 g/mol. The zero-order valence-electron chi connectivity index (χ0n) is 14.7. The Bertz CT molecular complexity index is 656. The number of piperazine rings is 1. The van der Waals surface area contributed by atoms with Crippen molar-refractivity contribution in [2.24, 2.45) is 0 Å². The molecule has 0 amide bonds. The zero-order valence-corrected chi connectivity index (χ0v) is 14.7. The molecule has 2 heterocycles. The first kappa shape index (κ1) is 19.5. The molecule has 0 radical (unpaired) electrons. The fourth-order valence-corrected chi connectivity index (χ4v) is 2.94. The molecule has 0 unspecified atom stereocenters. The van der Waals surface area contributed by atoms with E-state index in [2.05, 4.69) is 44.4 Å². The van der Waals surface area contributed by atoms with E-state index in [0.717, 1.165) is 38.4 Å². The summed E-state index contributed by atoms with van der Waals surface area (Å²) < 4.78 is 1.71. The average Bonchev–Trinajstić information content (AvgIpc) is 3.03. The summed E-state index contributed by atoms with van der Waals surface area (Å²) in [4.78, 5) is 15.2. The number of aromatic nitrogens is 3. The largest absolute Gasteiger partial charge is 1.00 e. The van der Waals surface area contributed by atoms with Crippen molar-refractivity contribution in [2.45, 2.75) is 25.9 Å². The number of aryl methyl sites for hydroxylation is 1. The second-order valence-electron chi connectivity index (χ2n) is 6.05. The molecule has 0 aliphatic carbocycles. The molecule has 2 aromatic rings. The van der Waals surface area contributed by atoms with E-state index in [-0.39, 0.29) is 25.3 Å². The summed E-state index contributed by atoms with van der Waals surface area (Å²) in [6.07, 6.45) is 2.47. The van der Waals surface area contributed by atoms with Crippen molar-refractivity contribution in [3.63, 3.8) is 0 Å². The maximum absolute atomic E-state index is 10.4. The number of carbonyl (C=O) groups excluding carboxylic acids is 1. The van der Waals surface area contributed by atoms with E-state index in [4.69, 9.17) is 0 Å². The third kappa shape index (κ3) is 5.89. The molecule has 1 fully saturated rings. The van der Waals surface area contributed by atoms with Crippen molar-refractivity contribution >= 4 is 11.7 Å². The van der Waals surface area contributed by atoms with Gasteiger partial charge in [-0.25, -0.2) is 0 Å². The van der Waals surface area contributed by atoms with E-state index in [1.807, 2.05) is 12.3 Å². The van der Waals surface area contributed by atoms with Crippen LogP contribution in [0.2, 0.25) is 0 Å². The Balaban J connectivity index is 0.00000225. The van der Waals surface area contributed by atoms with E-state index in [1.165, 1.54) is 5.69 Å². The first-order valence-electron chi connectivity index (χ1n) is 8.32. The molecular formula is C17H22LiN5O2. The van der Waals surface area contributed by atoms with Crippen molar-refractivity contribution in [3.8, 4) is 0 Å². The van der Waals surface area contributed by atoms with Gasteiger partial charge in [0.25, 0.3) is 0 Å². The van der Waals surface area contributed by atoms with Gasteiger partial charge in [-0.2, -0.15) is 0 Å². The maximum Gasteiger partial charge on any atom is 1.00 e. The van der Waals surface area contributed by atoms with Crippen molar-refractivity contribution in [1.29, 1.82) is 0 Å². The Morgan fingerprint density at radius 2 is 1.84 bits per heavy atom. The van der Waals surface area contributed by atoms with Crippen LogP contribution >= 0.6 is 0 Å². The molecule has 0 atom stereocenters. The van der Waals surface area contributed by atoms with E-state index < -0.39 is 5.97 Å². The van der Waals surface area contributed by atoms with Gasteiger partial charge in [0.05, 0.1) is 5.69 Å². The minimum atomic E-state index is -1.02. The third-order valence-electron chi connectivity index (χ3n) is 4.23. The molecule has 1 aromatic carbocycles. The van der Waals surface area contributed by atoms with Gasteiger partial charge in [0, 0.05) is 57.1 Å². The van der Waals surface area contributed by atoms with Gasteiger partial charge in [0.2, 0.25) is 0 Å². The van der Waals surface area contributed by atoms with Gasteiger partial charge >= 0.3 is 18.9 Å². The van der Waals surface area contributed by atoms with Crippen LogP contribution in [0.15, 0.2) is 36.5 Å². The Morgan fingerprint density at radius 1 is 1.12 bits per heavy atom. The first-order chi connectivity index (χ1) is 11.7. The van der Waals surface area contributed by atoms with E-state index >= 15 is 0 Å². The molecule has 0 spiro atoms. The molecule has 25 heavy (non-hydrogen) atoms. The summed E-state index contributed by atoms with van der Waals surface area (Å²) in [6.45, 7) is 5.33. The van der Waals surface area contributed by atoms with E-state index in [1.54, 1.807) is 4.68 Å². The molecule has 8 heteroatoms. The van der Waals surface area contributed by atoms with Gasteiger partial charge in [-0.1, -0.05) is 23.4 Å². The van der Waals surface area contributed by atoms with Crippen molar-refractivity contribution in [3.05, 3.63) is 42.2 Å². The number of carboxylic acids is 1. The SMILES string of the molecule is O=C([O-])CCCn1cc(CN2CCN(c3ccccc3)CC2)nn1.[Li+]. The Labute approximate surface area is 159 Å². The number of anilines is 1. The topological polar surface area (TPSA) is 77.3 Å². The van der Waals surface area contributed by atoms with Crippen LogP contribution < -0.4 is 28.9 Å². The number of nitrogens with zero attached hydrogens (tertiary/aromatic N) is 5. The summed E-state index contributed by atoms with van der Waals surface area (Å²) in [6, 6.07) is 10.5. The Hall–Kier alpha value is -1.81. The molecule has 0 saturated carbocycles. The zero-order chi connectivity index (χ0) is 16.8. The van der Waals surface area contributed by atoms with Gasteiger partial charge < -0.3 is 14.8 Å². The second kappa shape index (κ2) is 9.61. The van der Waals surface area contributed by atoms with Crippen LogP contribution in [0, 0.1) is 0 Å². The summed E-state index contributed by atoms with van der Waals surface area (Å²) in [5.41, 5.74) is 2.20. The monoisotopic (exact) mass is 335 g/mol. The van der Waals surface area contributed by atoms with Crippen LogP contribution in [0.5, 0.6) is 0 Å². The molecule has 7 nitrogen and oxygen atoms in total. The smallest absolute Gasteiger partial charge is 0.550 e. The van der Waals surface area contributed by atoms with Crippen LogP contribution in [-0.4, -0.2) is 52.0 Å². The molecule has 1 aromatic heterocycles. The fraction of sp³-hybridized carbons (Fsp3) is 0.471. The predicted octanol–water partition coefficient (Wildman–Crippen LogP) is -2.87. The van der Waals surface area contributed by atoms with Crippen molar-refractivity contribution in [1.82, 2.24) is 19.9 Å². The Morgan fingerprint density at radius 3 is 2.52 bits per heavy atom. The first-order valence-corrected chi connectivity index (χ1v) is 8.32. The van der Waals surface area contributed by atoms with Gasteiger partial charge in [-0.3, -0.25) is 9.58 Å². The maximum atomic E-state index is 10.4. The molecule has 1 aliphatic heterocycles. The summed E-state index contributed by atoms with van der Waals surface area (Å²) in [5.74, 6) is -1.02. The van der Waals surface area contributed by atoms with Gasteiger partial charge in [-0.15, -0.1) is 5.10 Å². The molecular weight excluding hydrogens is 313 g/mol. The Kier molecular flexibility index (Phi) is 7.50.